The number of hydrogen-bond acceptors (Lipinski definition) is 1. The van der Waals surface area contributed by atoms with Crippen LogP contribution in [0.5, 0.6) is 0 Å². The van der Waals surface area contributed by atoms with Gasteiger partial charge in [0.05, 0.1) is 0 Å². The van der Waals surface area contributed by atoms with Gasteiger partial charge >= 0.3 is 0 Å². The van der Waals surface area contributed by atoms with Gasteiger partial charge in [0.25, 0.3) is 0 Å². The first-order chi connectivity index (χ1) is 18.3. The molecule has 0 aliphatic heterocycles. The summed E-state index contributed by atoms with van der Waals surface area (Å²) in [6.45, 7) is 0. The summed E-state index contributed by atoms with van der Waals surface area (Å²) in [6.07, 6.45) is 28.4. The molecule has 0 aromatic heterocycles. The predicted octanol–water partition coefficient (Wildman–Crippen LogP) is 12.0. The summed E-state index contributed by atoms with van der Waals surface area (Å²) in [5, 5.41) is 0. The van der Waals surface area contributed by atoms with Crippen LogP contribution in [0.25, 0.3) is 0 Å². The van der Waals surface area contributed by atoms with E-state index in [1.165, 1.54) is 138 Å². The highest BCUT2D eigenvalue weighted by Gasteiger charge is 2.23. The normalized spacial score (nSPS) is 23.4. The zero-order valence-electron chi connectivity index (χ0n) is 23.3. The molecule has 0 nitrogen and oxygen atoms in total. The fraction of sp³-hybridized carbons (Fsp3) is 0.667. The van der Waals surface area contributed by atoms with E-state index in [1.807, 2.05) is 0 Å². The number of benzene rings is 2. The molecule has 0 N–H and O–H groups in total. The van der Waals surface area contributed by atoms with Crippen molar-refractivity contribution >= 4 is 11.8 Å². The van der Waals surface area contributed by atoms with Crippen molar-refractivity contribution in [2.24, 2.45) is 0 Å². The van der Waals surface area contributed by atoms with Crippen molar-refractivity contribution in [3.05, 3.63) is 58.7 Å². The van der Waals surface area contributed by atoms with Crippen molar-refractivity contribution in [3.63, 3.8) is 0 Å². The molecule has 2 aromatic rings. The third kappa shape index (κ3) is 6.69. The lowest BCUT2D eigenvalue weighted by atomic mass is 9.80. The molecule has 4 aliphatic carbocycles. The summed E-state index contributed by atoms with van der Waals surface area (Å²) in [7, 11) is 0. The SMILES string of the molecule is c1c(Sc2cc(C3CCCCC3)cc(C3CCCCC3)c2)cc(C2CCCCC2)cc1C1CCCCC1. The zero-order chi connectivity index (χ0) is 24.9. The maximum Gasteiger partial charge on any atom is 0.0128 e. The van der Waals surface area contributed by atoms with Gasteiger partial charge in [-0.25, -0.2) is 0 Å². The van der Waals surface area contributed by atoms with Gasteiger partial charge in [-0.15, -0.1) is 0 Å². The number of hydrogen-bond donors (Lipinski definition) is 0. The quantitative estimate of drug-likeness (QED) is 0.369. The summed E-state index contributed by atoms with van der Waals surface area (Å²) < 4.78 is 0. The second-order valence-corrected chi connectivity index (χ2v) is 14.3. The van der Waals surface area contributed by atoms with Crippen LogP contribution in [0.3, 0.4) is 0 Å². The van der Waals surface area contributed by atoms with E-state index in [2.05, 4.69) is 48.2 Å². The first kappa shape index (κ1) is 26.0. The molecule has 37 heavy (non-hydrogen) atoms. The first-order valence-corrected chi connectivity index (χ1v) is 17.1. The molecule has 0 amide bonds. The van der Waals surface area contributed by atoms with E-state index in [9.17, 15) is 0 Å². The van der Waals surface area contributed by atoms with Gasteiger partial charge in [-0.05, 0) is 122 Å². The van der Waals surface area contributed by atoms with E-state index in [0.29, 0.717) is 0 Å². The van der Waals surface area contributed by atoms with E-state index < -0.39 is 0 Å². The molecule has 0 unspecified atom stereocenters. The molecule has 6 rings (SSSR count). The predicted molar refractivity (Wildman–Crippen MR) is 160 cm³/mol. The smallest absolute Gasteiger partial charge is 0.0128 e. The van der Waals surface area contributed by atoms with Gasteiger partial charge in [-0.2, -0.15) is 0 Å². The Balaban J connectivity index is 1.32. The Morgan fingerprint density at radius 2 is 0.568 bits per heavy atom. The summed E-state index contributed by atoms with van der Waals surface area (Å²) in [5.74, 6) is 3.18. The Hall–Kier alpha value is -1.21. The molecule has 2 aromatic carbocycles. The van der Waals surface area contributed by atoms with E-state index in [-0.39, 0.29) is 0 Å². The van der Waals surface area contributed by atoms with E-state index in [4.69, 9.17) is 0 Å². The summed E-state index contributed by atoms with van der Waals surface area (Å²) in [6, 6.07) is 15.8. The van der Waals surface area contributed by atoms with Crippen molar-refractivity contribution in [2.45, 2.75) is 162 Å². The van der Waals surface area contributed by atoms with Crippen molar-refractivity contribution < 1.29 is 0 Å². The first-order valence-electron chi connectivity index (χ1n) is 16.3. The largest absolute Gasteiger partial charge is 0.0901 e. The molecule has 0 spiro atoms. The van der Waals surface area contributed by atoms with Crippen molar-refractivity contribution in [2.75, 3.05) is 0 Å². The average molecular weight is 515 g/mol. The molecule has 4 aliphatic rings. The lowest BCUT2D eigenvalue weighted by molar-refractivity contribution is 0.434. The Labute approximate surface area is 231 Å². The van der Waals surface area contributed by atoms with Gasteiger partial charge in [0.2, 0.25) is 0 Å². The van der Waals surface area contributed by atoms with E-state index in [0.717, 1.165) is 23.7 Å². The van der Waals surface area contributed by atoms with E-state index >= 15 is 0 Å². The van der Waals surface area contributed by atoms with Crippen molar-refractivity contribution in [1.29, 1.82) is 0 Å². The van der Waals surface area contributed by atoms with Gasteiger partial charge in [0.15, 0.2) is 0 Å². The summed E-state index contributed by atoms with van der Waals surface area (Å²) in [5.41, 5.74) is 6.67. The van der Waals surface area contributed by atoms with Gasteiger partial charge in [-0.1, -0.05) is 101 Å². The Morgan fingerprint density at radius 1 is 0.324 bits per heavy atom. The topological polar surface area (TPSA) is 0 Å². The monoisotopic (exact) mass is 514 g/mol. The molecule has 1 heteroatoms. The van der Waals surface area contributed by atoms with Crippen LogP contribution < -0.4 is 0 Å². The number of rotatable bonds is 6. The lowest BCUT2D eigenvalue weighted by Gasteiger charge is -2.28. The molecule has 4 fully saturated rings. The maximum atomic E-state index is 2.65. The minimum Gasteiger partial charge on any atom is -0.0901 e. The van der Waals surface area contributed by atoms with Crippen LogP contribution in [0.1, 0.15) is 174 Å². The molecular formula is C36H50S. The fourth-order valence-electron chi connectivity index (χ4n) is 8.23. The van der Waals surface area contributed by atoms with Crippen LogP contribution in [0.4, 0.5) is 0 Å². The standard InChI is InChI=1S/C36H50S/c1-5-13-27(14-6-1)31-21-32(28-15-7-2-8-16-28)24-35(23-31)37-36-25-33(29-17-9-3-10-18-29)22-34(26-36)30-19-11-4-12-20-30/h21-30H,1-20H2. The zero-order valence-corrected chi connectivity index (χ0v) is 24.1. The van der Waals surface area contributed by atoms with E-state index in [1.54, 1.807) is 22.3 Å². The van der Waals surface area contributed by atoms with Crippen LogP contribution in [-0.2, 0) is 0 Å². The molecule has 0 saturated heterocycles. The van der Waals surface area contributed by atoms with Gasteiger partial charge < -0.3 is 0 Å². The molecule has 0 radical (unpaired) electrons. The molecule has 4 saturated carbocycles. The van der Waals surface area contributed by atoms with Gasteiger partial charge in [0.1, 0.15) is 0 Å². The van der Waals surface area contributed by atoms with Gasteiger partial charge in [-0.3, -0.25) is 0 Å². The molecule has 0 bridgehead atoms. The van der Waals surface area contributed by atoms with Crippen LogP contribution in [0.15, 0.2) is 46.2 Å². The second kappa shape index (κ2) is 12.8. The minimum atomic E-state index is 0.794. The molecular weight excluding hydrogens is 464 g/mol. The van der Waals surface area contributed by atoms with Crippen LogP contribution in [0.2, 0.25) is 0 Å². The molecule has 200 valence electrons. The Bertz CT molecular complexity index is 843. The van der Waals surface area contributed by atoms with Crippen molar-refractivity contribution in [3.8, 4) is 0 Å². The molecule has 0 atom stereocenters. The van der Waals surface area contributed by atoms with Crippen LogP contribution in [-0.4, -0.2) is 0 Å². The average Bonchev–Trinajstić information content (AvgIpc) is 2.99. The third-order valence-electron chi connectivity index (χ3n) is 10.4. The van der Waals surface area contributed by atoms with Crippen molar-refractivity contribution in [1.82, 2.24) is 0 Å². The highest BCUT2D eigenvalue weighted by Crippen LogP contribution is 2.44. The summed E-state index contributed by atoms with van der Waals surface area (Å²) >= 11 is 2.10. The Morgan fingerprint density at radius 3 is 0.811 bits per heavy atom. The fourth-order valence-corrected chi connectivity index (χ4v) is 9.28. The van der Waals surface area contributed by atoms with Crippen LogP contribution >= 0.6 is 11.8 Å². The van der Waals surface area contributed by atoms with Crippen LogP contribution in [0, 0.1) is 0 Å². The lowest BCUT2D eigenvalue weighted by Crippen LogP contribution is -2.09. The Kier molecular flexibility index (Phi) is 8.98. The highest BCUT2D eigenvalue weighted by molar-refractivity contribution is 7.99. The molecule has 0 heterocycles. The maximum absolute atomic E-state index is 2.65. The second-order valence-electron chi connectivity index (χ2n) is 13.1. The minimum absolute atomic E-state index is 0.794. The summed E-state index contributed by atoms with van der Waals surface area (Å²) in [4.78, 5) is 3.05. The van der Waals surface area contributed by atoms with Gasteiger partial charge in [0, 0.05) is 9.79 Å². The highest BCUT2D eigenvalue weighted by atomic mass is 32.2. The third-order valence-corrected chi connectivity index (χ3v) is 11.4.